The Hall–Kier alpha value is -2.71. The number of aromatic nitrogens is 1. The van der Waals surface area contributed by atoms with Gasteiger partial charge in [0.05, 0.1) is 31.6 Å². The fraction of sp³-hybridized carbons (Fsp3) is 0.435. The molecule has 0 bridgehead atoms. The monoisotopic (exact) mass is 603 g/mol. The van der Waals surface area contributed by atoms with Crippen molar-refractivity contribution in [1.29, 1.82) is 0 Å². The number of nitrogens with one attached hydrogen (secondary N) is 1. The second-order valence-electron chi connectivity index (χ2n) is 6.93. The van der Waals surface area contributed by atoms with Gasteiger partial charge < -0.3 is 20.5 Å². The number of carbonyl (C=O) groups is 2. The van der Waals surface area contributed by atoms with Gasteiger partial charge in [-0.2, -0.15) is 26.3 Å². The molecule has 2 aromatic rings. The third-order valence-electron chi connectivity index (χ3n) is 3.75. The minimum Gasteiger partial charge on any atom is -0.460 e. The third kappa shape index (κ3) is 23.4. The van der Waals surface area contributed by atoms with Crippen LogP contribution in [0.1, 0.15) is 24.1 Å². The Kier molecular flexibility index (Phi) is 18.0. The Balaban J connectivity index is 0.000000586. The second kappa shape index (κ2) is 19.4. The Morgan fingerprint density at radius 3 is 1.95 bits per heavy atom. The van der Waals surface area contributed by atoms with E-state index in [2.05, 4.69) is 26.2 Å². The van der Waals surface area contributed by atoms with E-state index in [1.54, 1.807) is 30.5 Å². The zero-order valence-electron chi connectivity index (χ0n) is 19.7. The molecule has 1 heterocycles. The summed E-state index contributed by atoms with van der Waals surface area (Å²) < 4.78 is 78.1. The lowest BCUT2D eigenvalue weighted by molar-refractivity contribution is -0.145. The first-order valence-electron chi connectivity index (χ1n) is 10.7. The van der Waals surface area contributed by atoms with Crippen molar-refractivity contribution in [3.8, 4) is 0 Å². The number of carbonyl (C=O) groups excluding carboxylic acids is 2. The molecule has 0 radical (unpaired) electrons. The Morgan fingerprint density at radius 1 is 0.865 bits per heavy atom. The van der Waals surface area contributed by atoms with E-state index in [-0.39, 0.29) is 38.2 Å². The van der Waals surface area contributed by atoms with Gasteiger partial charge in [-0.05, 0) is 17.7 Å². The first-order chi connectivity index (χ1) is 17.4. The molecule has 1 aromatic heterocycles. The molecule has 2 rings (SSSR count). The number of benzene rings is 1. The highest BCUT2D eigenvalue weighted by molar-refractivity contribution is 9.09. The molecule has 0 fully saturated rings. The van der Waals surface area contributed by atoms with Gasteiger partial charge in [-0.15, -0.1) is 0 Å². The smallest absolute Gasteiger partial charge is 0.390 e. The predicted molar refractivity (Wildman–Crippen MR) is 127 cm³/mol. The van der Waals surface area contributed by atoms with Crippen LogP contribution < -0.4 is 11.1 Å². The molecule has 0 aliphatic heterocycles. The lowest BCUT2D eigenvalue weighted by Gasteiger charge is -2.08. The van der Waals surface area contributed by atoms with Crippen LogP contribution in [0.2, 0.25) is 0 Å². The Bertz CT molecular complexity index is 872. The Labute approximate surface area is 218 Å². The summed E-state index contributed by atoms with van der Waals surface area (Å²) in [5.41, 5.74) is 6.60. The van der Waals surface area contributed by atoms with Crippen LogP contribution in [0.3, 0.4) is 0 Å². The summed E-state index contributed by atoms with van der Waals surface area (Å²) in [5.74, 6) is -0.985. The molecule has 0 amide bonds. The molecular formula is C23H28BrF6N3O4. The van der Waals surface area contributed by atoms with Gasteiger partial charge in [0.2, 0.25) is 0 Å². The zero-order chi connectivity index (χ0) is 28.2. The van der Waals surface area contributed by atoms with Crippen molar-refractivity contribution in [3.63, 3.8) is 0 Å². The molecular weight excluding hydrogens is 576 g/mol. The number of alkyl halides is 7. The van der Waals surface area contributed by atoms with Crippen molar-refractivity contribution in [2.75, 3.05) is 25.0 Å². The molecule has 0 atom stereocenters. The van der Waals surface area contributed by atoms with Gasteiger partial charge >= 0.3 is 24.3 Å². The number of pyridine rings is 1. The minimum atomic E-state index is -4.21. The van der Waals surface area contributed by atoms with E-state index >= 15 is 0 Å². The largest absolute Gasteiger partial charge is 0.460 e. The van der Waals surface area contributed by atoms with Gasteiger partial charge in [0.25, 0.3) is 0 Å². The van der Waals surface area contributed by atoms with Gasteiger partial charge in [-0.1, -0.05) is 52.3 Å². The fourth-order valence-corrected chi connectivity index (χ4v) is 2.46. The lowest BCUT2D eigenvalue weighted by Crippen LogP contribution is -2.28. The molecule has 0 saturated heterocycles. The van der Waals surface area contributed by atoms with Gasteiger partial charge in [-0.25, -0.2) is 0 Å². The third-order valence-corrected chi connectivity index (χ3v) is 4.15. The molecule has 0 saturated carbocycles. The highest BCUT2D eigenvalue weighted by Crippen LogP contribution is 2.19. The summed E-state index contributed by atoms with van der Waals surface area (Å²) in [7, 11) is 0. The minimum absolute atomic E-state index is 0.00347. The molecule has 0 unspecified atom stereocenters. The van der Waals surface area contributed by atoms with E-state index in [0.29, 0.717) is 0 Å². The topological polar surface area (TPSA) is 104 Å². The molecule has 3 N–H and O–H groups in total. The standard InChI is InChI=1S/C12H14F3NO2.C8H10N2O2.C3H4BrF3/c13-12(14,15)6-7-16-8-11(17)18-9-10-4-2-1-3-5-10;9-5-8(11)12-6-7-3-1-2-4-10-7;4-2-1-3(5,6)7/h1-5,16H,6-9H2;1-4H,5-6,9H2;1-2H2. The van der Waals surface area contributed by atoms with Crippen molar-refractivity contribution in [2.24, 2.45) is 5.73 Å². The molecule has 37 heavy (non-hydrogen) atoms. The summed E-state index contributed by atoms with van der Waals surface area (Å²) >= 11 is 2.67. The van der Waals surface area contributed by atoms with E-state index in [0.717, 1.165) is 11.3 Å². The number of halogens is 7. The normalized spacial score (nSPS) is 10.8. The van der Waals surface area contributed by atoms with Gasteiger partial charge in [0.1, 0.15) is 13.2 Å². The van der Waals surface area contributed by atoms with Gasteiger partial charge in [-0.3, -0.25) is 14.6 Å². The number of ether oxygens (including phenoxy) is 2. The maximum atomic E-state index is 11.8. The quantitative estimate of drug-likeness (QED) is 0.176. The van der Waals surface area contributed by atoms with Crippen LogP contribution in [0.15, 0.2) is 54.7 Å². The summed E-state index contributed by atoms with van der Waals surface area (Å²) in [6.07, 6.45) is -8.26. The van der Waals surface area contributed by atoms with Crippen LogP contribution >= 0.6 is 15.9 Å². The van der Waals surface area contributed by atoms with Crippen molar-refractivity contribution in [2.45, 2.75) is 38.4 Å². The van der Waals surface area contributed by atoms with Crippen molar-refractivity contribution in [1.82, 2.24) is 10.3 Å². The number of nitrogens with zero attached hydrogens (tertiary/aromatic N) is 1. The molecule has 14 heteroatoms. The number of hydrogen-bond donors (Lipinski definition) is 2. The molecule has 208 valence electrons. The van der Waals surface area contributed by atoms with E-state index < -0.39 is 37.1 Å². The summed E-state index contributed by atoms with van der Waals surface area (Å²) in [5, 5.41) is 2.38. The van der Waals surface area contributed by atoms with Crippen LogP contribution in [0.25, 0.3) is 0 Å². The SMILES string of the molecule is FC(F)(F)CCBr.NCC(=O)OCc1ccccn1.O=C(CNCCC(F)(F)F)OCc1ccccc1. The van der Waals surface area contributed by atoms with Crippen molar-refractivity contribution >= 4 is 27.9 Å². The number of nitrogens with two attached hydrogens (primary N) is 1. The molecule has 0 aliphatic carbocycles. The summed E-state index contributed by atoms with van der Waals surface area (Å²) in [6, 6.07) is 14.5. The van der Waals surface area contributed by atoms with E-state index in [1.807, 2.05) is 24.3 Å². The molecule has 0 spiro atoms. The lowest BCUT2D eigenvalue weighted by atomic mass is 10.2. The fourth-order valence-electron chi connectivity index (χ4n) is 2.01. The molecule has 1 aromatic carbocycles. The average molecular weight is 604 g/mol. The maximum absolute atomic E-state index is 11.8. The highest BCUT2D eigenvalue weighted by atomic mass is 79.9. The highest BCUT2D eigenvalue weighted by Gasteiger charge is 2.26. The van der Waals surface area contributed by atoms with E-state index in [9.17, 15) is 35.9 Å². The van der Waals surface area contributed by atoms with Gasteiger partial charge in [0.15, 0.2) is 0 Å². The number of hydrogen-bond acceptors (Lipinski definition) is 7. The van der Waals surface area contributed by atoms with Crippen LogP contribution in [-0.4, -0.2) is 54.2 Å². The van der Waals surface area contributed by atoms with Crippen LogP contribution in [0.4, 0.5) is 26.3 Å². The number of rotatable bonds is 10. The summed E-state index contributed by atoms with van der Waals surface area (Å²) in [4.78, 5) is 25.8. The van der Waals surface area contributed by atoms with E-state index in [1.165, 1.54) is 0 Å². The Morgan fingerprint density at radius 2 is 1.46 bits per heavy atom. The number of esters is 2. The van der Waals surface area contributed by atoms with Crippen LogP contribution in [0, 0.1) is 0 Å². The first kappa shape index (κ1) is 34.3. The second-order valence-corrected chi connectivity index (χ2v) is 7.72. The first-order valence-corrected chi connectivity index (χ1v) is 11.8. The van der Waals surface area contributed by atoms with Crippen molar-refractivity contribution in [3.05, 3.63) is 66.0 Å². The zero-order valence-corrected chi connectivity index (χ0v) is 21.2. The van der Waals surface area contributed by atoms with Crippen molar-refractivity contribution < 1.29 is 45.4 Å². The maximum Gasteiger partial charge on any atom is 0.390 e. The summed E-state index contributed by atoms with van der Waals surface area (Å²) in [6.45, 7) is -0.281. The predicted octanol–water partition coefficient (Wildman–Crippen LogP) is 4.69. The molecule has 7 nitrogen and oxygen atoms in total. The average Bonchev–Trinajstić information content (AvgIpc) is 2.84. The van der Waals surface area contributed by atoms with Gasteiger partial charge in [0, 0.05) is 18.1 Å². The molecule has 0 aliphatic rings. The van der Waals surface area contributed by atoms with Crippen LogP contribution in [0.5, 0.6) is 0 Å². The van der Waals surface area contributed by atoms with Crippen LogP contribution in [-0.2, 0) is 32.3 Å². The van der Waals surface area contributed by atoms with E-state index in [4.69, 9.17) is 15.2 Å².